The van der Waals surface area contributed by atoms with E-state index in [-0.39, 0.29) is 17.6 Å². The van der Waals surface area contributed by atoms with Gasteiger partial charge in [0.05, 0.1) is 23.1 Å². The number of carbonyl (C=O) groups is 2. The molecule has 0 radical (unpaired) electrons. The Morgan fingerprint density at radius 3 is 2.68 bits per heavy atom. The van der Waals surface area contributed by atoms with Crippen LogP contribution in [0.5, 0.6) is 0 Å². The van der Waals surface area contributed by atoms with Crippen molar-refractivity contribution in [3.05, 3.63) is 41.7 Å². The van der Waals surface area contributed by atoms with Gasteiger partial charge in [-0.2, -0.15) is 20.4 Å². The molecule has 0 unspecified atom stereocenters. The Morgan fingerprint density at radius 2 is 2.08 bits per heavy atom. The first kappa shape index (κ1) is 18.0. The van der Waals surface area contributed by atoms with Gasteiger partial charge in [-0.25, -0.2) is 15.3 Å². The standard InChI is InChI=1S/C14H14N8O2S/c15-5-9-1-3-10(4-2-9)11(20-21-13(16)24)6-25-7-12(23)19-14-17-8-18-22-14/h1-4,8H,6-7H2,(H3,16,21,24)(H2,17,18,19,22,23)/b20-11-. The summed E-state index contributed by atoms with van der Waals surface area (Å²) in [7, 11) is 0. The third-order valence-corrected chi connectivity index (χ3v) is 3.74. The van der Waals surface area contributed by atoms with Gasteiger partial charge >= 0.3 is 6.03 Å². The van der Waals surface area contributed by atoms with Crippen LogP contribution in [0.1, 0.15) is 11.1 Å². The van der Waals surface area contributed by atoms with Crippen LogP contribution in [0.25, 0.3) is 0 Å². The van der Waals surface area contributed by atoms with Crippen LogP contribution in [0.2, 0.25) is 0 Å². The molecular weight excluding hydrogens is 344 g/mol. The van der Waals surface area contributed by atoms with Gasteiger partial charge in [-0.3, -0.25) is 10.1 Å². The molecule has 0 saturated heterocycles. The van der Waals surface area contributed by atoms with Crippen molar-refractivity contribution in [1.82, 2.24) is 20.6 Å². The number of amides is 3. The minimum Gasteiger partial charge on any atom is -0.350 e. The SMILES string of the molecule is N#Cc1ccc(/C(CSCC(=O)Nc2ncn[nH]2)=N\NC(N)=O)cc1. The number of thioether (sulfide) groups is 1. The van der Waals surface area contributed by atoms with Gasteiger partial charge < -0.3 is 5.73 Å². The van der Waals surface area contributed by atoms with E-state index in [9.17, 15) is 9.59 Å². The molecule has 1 heterocycles. The number of nitrogens with two attached hydrogens (primary N) is 1. The molecule has 1 aromatic carbocycles. The van der Waals surface area contributed by atoms with Crippen LogP contribution in [0.3, 0.4) is 0 Å². The van der Waals surface area contributed by atoms with E-state index < -0.39 is 6.03 Å². The summed E-state index contributed by atoms with van der Waals surface area (Å²) in [4.78, 5) is 26.5. The summed E-state index contributed by atoms with van der Waals surface area (Å²) in [6.45, 7) is 0. The Kier molecular flexibility index (Phi) is 6.49. The van der Waals surface area contributed by atoms with Crippen molar-refractivity contribution >= 4 is 35.4 Å². The van der Waals surface area contributed by atoms with Crippen LogP contribution in [-0.4, -0.2) is 44.3 Å². The molecule has 1 aromatic heterocycles. The van der Waals surface area contributed by atoms with Crippen molar-refractivity contribution in [3.8, 4) is 6.07 Å². The van der Waals surface area contributed by atoms with Crippen molar-refractivity contribution in [1.29, 1.82) is 5.26 Å². The number of hydrogen-bond acceptors (Lipinski definition) is 7. The number of rotatable bonds is 7. The summed E-state index contributed by atoms with van der Waals surface area (Å²) in [5.74, 6) is 0.494. The lowest BCUT2D eigenvalue weighted by atomic mass is 10.1. The van der Waals surface area contributed by atoms with E-state index in [1.165, 1.54) is 18.1 Å². The Balaban J connectivity index is 1.96. The van der Waals surface area contributed by atoms with Crippen LogP contribution < -0.4 is 16.5 Å². The van der Waals surface area contributed by atoms with Crippen molar-refractivity contribution in [2.45, 2.75) is 0 Å². The lowest BCUT2D eigenvalue weighted by Crippen LogP contribution is -2.26. The van der Waals surface area contributed by atoms with E-state index in [0.29, 0.717) is 22.6 Å². The fourth-order valence-corrected chi connectivity index (χ4v) is 2.50. The quantitative estimate of drug-likeness (QED) is 0.414. The van der Waals surface area contributed by atoms with Crippen molar-refractivity contribution in [2.24, 2.45) is 10.8 Å². The molecule has 3 amide bonds. The number of urea groups is 1. The fraction of sp³-hybridized carbons (Fsp3) is 0.143. The predicted molar refractivity (Wildman–Crippen MR) is 92.8 cm³/mol. The van der Waals surface area contributed by atoms with Crippen molar-refractivity contribution in [2.75, 3.05) is 16.8 Å². The summed E-state index contributed by atoms with van der Waals surface area (Å²) in [6, 6.07) is 7.91. The van der Waals surface area contributed by atoms with E-state index in [2.05, 4.69) is 31.0 Å². The summed E-state index contributed by atoms with van der Waals surface area (Å²) in [5.41, 5.74) is 8.93. The van der Waals surface area contributed by atoms with Crippen LogP contribution in [0.15, 0.2) is 35.7 Å². The largest absolute Gasteiger partial charge is 0.350 e. The van der Waals surface area contributed by atoms with Gasteiger partial charge in [0, 0.05) is 5.75 Å². The smallest absolute Gasteiger partial charge is 0.332 e. The monoisotopic (exact) mass is 358 g/mol. The zero-order valence-electron chi connectivity index (χ0n) is 12.9. The Hall–Kier alpha value is -3.39. The molecule has 0 saturated carbocycles. The van der Waals surface area contributed by atoms with E-state index in [1.807, 2.05) is 6.07 Å². The topological polar surface area (TPSA) is 162 Å². The number of primary amides is 1. The van der Waals surface area contributed by atoms with Gasteiger partial charge in [0.2, 0.25) is 11.9 Å². The number of H-pyrrole nitrogens is 1. The number of benzene rings is 1. The van der Waals surface area contributed by atoms with Crippen LogP contribution in [-0.2, 0) is 4.79 Å². The van der Waals surface area contributed by atoms with Crippen LogP contribution in [0, 0.1) is 11.3 Å². The van der Waals surface area contributed by atoms with E-state index in [0.717, 1.165) is 0 Å². The molecule has 128 valence electrons. The molecule has 2 rings (SSSR count). The zero-order chi connectivity index (χ0) is 18.1. The van der Waals surface area contributed by atoms with Crippen molar-refractivity contribution in [3.63, 3.8) is 0 Å². The number of aromatic amines is 1. The Labute approximate surface area is 146 Å². The third-order valence-electron chi connectivity index (χ3n) is 2.79. The summed E-state index contributed by atoms with van der Waals surface area (Å²) >= 11 is 1.29. The Bertz CT molecular complexity index is 795. The predicted octanol–water partition coefficient (Wildman–Crippen LogP) is 0.421. The lowest BCUT2D eigenvalue weighted by molar-refractivity contribution is -0.113. The van der Waals surface area contributed by atoms with E-state index >= 15 is 0 Å². The summed E-state index contributed by atoms with van der Waals surface area (Å²) < 4.78 is 0. The second kappa shape index (κ2) is 9.04. The number of anilines is 1. The first-order valence-corrected chi connectivity index (χ1v) is 8.09. The van der Waals surface area contributed by atoms with E-state index in [4.69, 9.17) is 11.0 Å². The molecule has 0 aliphatic heterocycles. The highest BCUT2D eigenvalue weighted by atomic mass is 32.2. The highest BCUT2D eigenvalue weighted by Crippen LogP contribution is 2.10. The first-order valence-electron chi connectivity index (χ1n) is 6.94. The molecular formula is C14H14N8O2S. The van der Waals surface area contributed by atoms with Crippen LogP contribution in [0.4, 0.5) is 10.7 Å². The molecule has 2 aromatic rings. The molecule has 0 aliphatic rings. The number of aromatic nitrogens is 3. The van der Waals surface area contributed by atoms with Gasteiger partial charge in [-0.15, -0.1) is 11.8 Å². The van der Waals surface area contributed by atoms with Gasteiger partial charge in [-0.1, -0.05) is 12.1 Å². The van der Waals surface area contributed by atoms with Gasteiger partial charge in [0.25, 0.3) is 0 Å². The molecule has 0 bridgehead atoms. The van der Waals surface area contributed by atoms with E-state index in [1.54, 1.807) is 24.3 Å². The minimum atomic E-state index is -0.792. The molecule has 0 atom stereocenters. The molecule has 0 aliphatic carbocycles. The lowest BCUT2D eigenvalue weighted by Gasteiger charge is -2.07. The van der Waals surface area contributed by atoms with Crippen molar-refractivity contribution < 1.29 is 9.59 Å². The highest BCUT2D eigenvalue weighted by molar-refractivity contribution is 8.00. The number of nitrogens with one attached hydrogen (secondary N) is 3. The Morgan fingerprint density at radius 1 is 1.32 bits per heavy atom. The second-order valence-electron chi connectivity index (χ2n) is 4.60. The fourth-order valence-electron chi connectivity index (χ4n) is 1.71. The molecule has 5 N–H and O–H groups in total. The van der Waals surface area contributed by atoms with Gasteiger partial charge in [-0.05, 0) is 17.7 Å². The maximum atomic E-state index is 11.8. The molecule has 0 fully saturated rings. The summed E-state index contributed by atoms with van der Waals surface area (Å²) in [6.07, 6.45) is 1.29. The molecule has 10 nitrogen and oxygen atoms in total. The normalized spacial score (nSPS) is 10.8. The minimum absolute atomic E-state index is 0.145. The summed E-state index contributed by atoms with van der Waals surface area (Å²) in [5, 5.41) is 21.5. The third kappa shape index (κ3) is 5.96. The molecule has 25 heavy (non-hydrogen) atoms. The second-order valence-corrected chi connectivity index (χ2v) is 5.58. The number of hydrogen-bond donors (Lipinski definition) is 4. The number of hydrazone groups is 1. The first-order chi connectivity index (χ1) is 12.1. The number of carbonyl (C=O) groups excluding carboxylic acids is 2. The number of nitriles is 1. The number of nitrogens with zero attached hydrogens (tertiary/aromatic N) is 4. The average molecular weight is 358 g/mol. The average Bonchev–Trinajstić information content (AvgIpc) is 3.10. The van der Waals surface area contributed by atoms with Gasteiger partial charge in [0.1, 0.15) is 6.33 Å². The maximum absolute atomic E-state index is 11.8. The van der Waals surface area contributed by atoms with Gasteiger partial charge in [0.15, 0.2) is 0 Å². The van der Waals surface area contributed by atoms with Crippen LogP contribution >= 0.6 is 11.8 Å². The zero-order valence-corrected chi connectivity index (χ0v) is 13.7. The highest BCUT2D eigenvalue weighted by Gasteiger charge is 2.09. The maximum Gasteiger partial charge on any atom is 0.332 e. The molecule has 11 heteroatoms. The molecule has 0 spiro atoms.